The molecule has 0 radical (unpaired) electrons. The zero-order valence-electron chi connectivity index (χ0n) is 11.2. The van der Waals surface area contributed by atoms with Crippen LogP contribution in [0.3, 0.4) is 0 Å². The van der Waals surface area contributed by atoms with Crippen molar-refractivity contribution in [2.45, 2.75) is 25.4 Å². The highest BCUT2D eigenvalue weighted by Gasteiger charge is 2.24. The molecule has 3 aromatic rings. The summed E-state index contributed by atoms with van der Waals surface area (Å²) in [5.74, 6) is 1.06. The molecule has 1 atom stereocenters. The third kappa shape index (κ3) is 2.37. The molecule has 0 bridgehead atoms. The summed E-state index contributed by atoms with van der Waals surface area (Å²) in [6.45, 7) is 0.775. The summed E-state index contributed by atoms with van der Waals surface area (Å²) < 4.78 is 4.93. The van der Waals surface area contributed by atoms with Crippen LogP contribution in [0.1, 0.15) is 18.3 Å². The first-order chi connectivity index (χ1) is 10.3. The maximum absolute atomic E-state index is 4.29. The molecule has 106 valence electrons. The highest BCUT2D eigenvalue weighted by Crippen LogP contribution is 2.25. The van der Waals surface area contributed by atoms with Crippen molar-refractivity contribution in [3.63, 3.8) is 0 Å². The Bertz CT molecular complexity index is 777. The molecule has 0 aliphatic carbocycles. The minimum Gasteiger partial charge on any atom is -0.250 e. The van der Waals surface area contributed by atoms with E-state index in [0.717, 1.165) is 40.9 Å². The zero-order chi connectivity index (χ0) is 14.2. The van der Waals surface area contributed by atoms with E-state index in [2.05, 4.69) is 36.3 Å². The lowest BCUT2D eigenvalue weighted by Crippen LogP contribution is -2.14. The Hall–Kier alpha value is -2.02. The van der Waals surface area contributed by atoms with Crippen molar-refractivity contribution >= 4 is 15.9 Å². The number of nitrogens with zero attached hydrogens (tertiary/aromatic N) is 6. The molecular weight excluding hydrogens is 332 g/mol. The van der Waals surface area contributed by atoms with Crippen molar-refractivity contribution in [1.29, 1.82) is 0 Å². The Balaban J connectivity index is 1.56. The number of hydrogen-bond donors (Lipinski definition) is 0. The molecule has 0 amide bonds. The average molecular weight is 345 g/mol. The van der Waals surface area contributed by atoms with E-state index in [-0.39, 0.29) is 0 Å². The molecule has 0 saturated heterocycles. The van der Waals surface area contributed by atoms with Crippen LogP contribution in [0.4, 0.5) is 0 Å². The molecule has 2 aromatic heterocycles. The lowest BCUT2D eigenvalue weighted by atomic mass is 10.2. The van der Waals surface area contributed by atoms with Crippen molar-refractivity contribution in [3.05, 3.63) is 47.1 Å². The first-order valence-corrected chi connectivity index (χ1v) is 7.63. The largest absolute Gasteiger partial charge is 0.250 e. The van der Waals surface area contributed by atoms with Gasteiger partial charge in [-0.05, 0) is 18.6 Å². The summed E-state index contributed by atoms with van der Waals surface area (Å²) in [6, 6.07) is 8.39. The molecule has 0 N–H and O–H groups in total. The number of aryl methyl sites for hydroxylation is 1. The van der Waals surface area contributed by atoms with E-state index in [1.807, 2.05) is 39.8 Å². The van der Waals surface area contributed by atoms with Gasteiger partial charge in [0.15, 0.2) is 0 Å². The van der Waals surface area contributed by atoms with Gasteiger partial charge in [-0.3, -0.25) is 0 Å². The predicted octanol–water partition coefficient (Wildman–Crippen LogP) is 2.49. The van der Waals surface area contributed by atoms with Crippen molar-refractivity contribution in [3.8, 4) is 11.3 Å². The maximum atomic E-state index is 4.29. The van der Waals surface area contributed by atoms with E-state index in [0.29, 0.717) is 6.04 Å². The highest BCUT2D eigenvalue weighted by molar-refractivity contribution is 9.10. The summed E-state index contributed by atoms with van der Waals surface area (Å²) in [6.07, 6.45) is 5.65. The van der Waals surface area contributed by atoms with Crippen LogP contribution in [-0.2, 0) is 13.0 Å². The van der Waals surface area contributed by atoms with Crippen molar-refractivity contribution in [1.82, 2.24) is 29.8 Å². The number of halogens is 1. The minimum atomic E-state index is 0.319. The monoisotopic (exact) mass is 344 g/mol. The van der Waals surface area contributed by atoms with Crippen LogP contribution in [0.25, 0.3) is 11.3 Å². The van der Waals surface area contributed by atoms with Gasteiger partial charge in [-0.1, -0.05) is 33.3 Å². The molecule has 7 heteroatoms. The Morgan fingerprint density at radius 3 is 3.19 bits per heavy atom. The molecule has 1 unspecified atom stereocenters. The molecule has 0 spiro atoms. The molecule has 1 aliphatic heterocycles. The van der Waals surface area contributed by atoms with E-state index in [1.165, 1.54) is 0 Å². The van der Waals surface area contributed by atoms with Crippen LogP contribution in [0, 0.1) is 0 Å². The molecule has 0 saturated carbocycles. The van der Waals surface area contributed by atoms with Gasteiger partial charge in [0.25, 0.3) is 0 Å². The third-order valence-electron chi connectivity index (χ3n) is 3.75. The second-order valence-electron chi connectivity index (χ2n) is 5.15. The van der Waals surface area contributed by atoms with Crippen molar-refractivity contribution < 1.29 is 0 Å². The zero-order valence-corrected chi connectivity index (χ0v) is 12.8. The number of fused-ring (bicyclic) bond motifs is 1. The van der Waals surface area contributed by atoms with E-state index in [1.54, 1.807) is 6.33 Å². The summed E-state index contributed by atoms with van der Waals surface area (Å²) in [4.78, 5) is 4.25. The maximum Gasteiger partial charge on any atom is 0.138 e. The number of benzene rings is 1. The van der Waals surface area contributed by atoms with Crippen LogP contribution in [-0.4, -0.2) is 29.8 Å². The molecule has 3 heterocycles. The second-order valence-corrected chi connectivity index (χ2v) is 6.07. The molecule has 1 aliphatic rings. The Labute approximate surface area is 129 Å². The van der Waals surface area contributed by atoms with E-state index < -0.39 is 0 Å². The van der Waals surface area contributed by atoms with Crippen LogP contribution in [0.15, 0.2) is 41.3 Å². The van der Waals surface area contributed by atoms with Gasteiger partial charge < -0.3 is 0 Å². The van der Waals surface area contributed by atoms with Crippen molar-refractivity contribution in [2.75, 3.05) is 0 Å². The average Bonchev–Trinajstić information content (AvgIpc) is 3.18. The Morgan fingerprint density at radius 2 is 2.29 bits per heavy atom. The number of rotatable bonds is 3. The fourth-order valence-corrected chi connectivity index (χ4v) is 3.13. The van der Waals surface area contributed by atoms with Gasteiger partial charge in [-0.2, -0.15) is 5.10 Å². The smallest absolute Gasteiger partial charge is 0.138 e. The lowest BCUT2D eigenvalue weighted by molar-refractivity contribution is 0.389. The molecule has 6 nitrogen and oxygen atoms in total. The first-order valence-electron chi connectivity index (χ1n) is 6.84. The Kier molecular flexibility index (Phi) is 3.07. The molecule has 21 heavy (non-hydrogen) atoms. The summed E-state index contributed by atoms with van der Waals surface area (Å²) in [7, 11) is 0. The van der Waals surface area contributed by atoms with Gasteiger partial charge in [0.1, 0.15) is 17.8 Å². The molecular formula is C14H13BrN6. The fraction of sp³-hybridized carbons (Fsp3) is 0.286. The van der Waals surface area contributed by atoms with Crippen molar-refractivity contribution in [2.24, 2.45) is 0 Å². The van der Waals surface area contributed by atoms with Gasteiger partial charge in [0.2, 0.25) is 0 Å². The van der Waals surface area contributed by atoms with Gasteiger partial charge in [0.05, 0.1) is 18.8 Å². The number of aromatic nitrogens is 6. The molecule has 0 fully saturated rings. The molecule has 1 aromatic carbocycles. The van der Waals surface area contributed by atoms with E-state index in [4.69, 9.17) is 0 Å². The Morgan fingerprint density at radius 1 is 1.33 bits per heavy atom. The summed E-state index contributed by atoms with van der Waals surface area (Å²) in [5.41, 5.74) is 1.94. The predicted molar refractivity (Wildman–Crippen MR) is 80.5 cm³/mol. The second kappa shape index (κ2) is 5.07. The summed E-state index contributed by atoms with van der Waals surface area (Å²) >= 11 is 3.48. The topological polar surface area (TPSA) is 61.4 Å². The highest BCUT2D eigenvalue weighted by atomic mass is 79.9. The fourth-order valence-electron chi connectivity index (χ4n) is 2.73. The normalized spacial score (nSPS) is 17.1. The van der Waals surface area contributed by atoms with E-state index >= 15 is 0 Å². The van der Waals surface area contributed by atoms with Crippen LogP contribution < -0.4 is 0 Å². The van der Waals surface area contributed by atoms with Gasteiger partial charge in [-0.25, -0.2) is 14.3 Å². The van der Waals surface area contributed by atoms with Crippen LogP contribution >= 0.6 is 15.9 Å². The molecule has 4 rings (SSSR count). The van der Waals surface area contributed by atoms with Gasteiger partial charge in [-0.15, -0.1) is 5.10 Å². The first kappa shape index (κ1) is 12.7. The summed E-state index contributed by atoms with van der Waals surface area (Å²) in [5, 5.41) is 12.8. The van der Waals surface area contributed by atoms with Crippen LogP contribution in [0.5, 0.6) is 0 Å². The minimum absolute atomic E-state index is 0.319. The standard InChI is InChI=1S/C14H13BrN6/c15-11-3-1-2-10(6-11)13-8-20(19-18-13)7-12-4-5-14-16-9-17-21(12)14/h1-3,6,8-9,12H,4-5,7H2. The number of hydrogen-bond acceptors (Lipinski definition) is 4. The van der Waals surface area contributed by atoms with E-state index in [9.17, 15) is 0 Å². The SMILES string of the molecule is Brc1cccc(-c2cn(CC3CCc4ncnn43)nn2)c1. The van der Waals surface area contributed by atoms with Gasteiger partial charge in [0, 0.05) is 16.5 Å². The van der Waals surface area contributed by atoms with Gasteiger partial charge >= 0.3 is 0 Å². The third-order valence-corrected chi connectivity index (χ3v) is 4.24. The van der Waals surface area contributed by atoms with Crippen LogP contribution in [0.2, 0.25) is 0 Å². The quantitative estimate of drug-likeness (QED) is 0.732. The lowest BCUT2D eigenvalue weighted by Gasteiger charge is -2.10.